The summed E-state index contributed by atoms with van der Waals surface area (Å²) >= 11 is 12.1. The summed E-state index contributed by atoms with van der Waals surface area (Å²) in [5.74, 6) is -1.12. The molecular weight excluding hydrogens is 378 g/mol. The molecule has 138 valence electrons. The first-order chi connectivity index (χ1) is 12.3. The number of benzene rings is 2. The van der Waals surface area contributed by atoms with Crippen molar-refractivity contribution in [3.8, 4) is 11.1 Å². The number of halogens is 3. The van der Waals surface area contributed by atoms with Crippen molar-refractivity contribution in [2.24, 2.45) is 11.5 Å². The van der Waals surface area contributed by atoms with Gasteiger partial charge in [0.15, 0.2) is 0 Å². The average molecular weight is 397 g/mol. The van der Waals surface area contributed by atoms with Gasteiger partial charge in [-0.2, -0.15) is 0 Å². The van der Waals surface area contributed by atoms with E-state index in [0.29, 0.717) is 17.1 Å². The van der Waals surface area contributed by atoms with Crippen LogP contribution in [0.3, 0.4) is 0 Å². The van der Waals surface area contributed by atoms with Crippen molar-refractivity contribution < 1.29 is 9.18 Å². The second-order valence-electron chi connectivity index (χ2n) is 5.59. The number of carbonyl (C=O) groups excluding carboxylic acids is 1. The summed E-state index contributed by atoms with van der Waals surface area (Å²) in [6.45, 7) is 2.36. The molecule has 0 aliphatic rings. The lowest BCUT2D eigenvalue weighted by Gasteiger charge is -2.15. The summed E-state index contributed by atoms with van der Waals surface area (Å²) < 4.78 is 14.5. The van der Waals surface area contributed by atoms with Crippen LogP contribution in [0.25, 0.3) is 16.8 Å². The van der Waals surface area contributed by atoms with E-state index in [1.54, 1.807) is 6.07 Å². The van der Waals surface area contributed by atoms with E-state index in [1.165, 1.54) is 24.3 Å². The molecular formula is C18H19Cl2FN4O. The normalized spacial score (nSPS) is 11.8. The van der Waals surface area contributed by atoms with E-state index in [9.17, 15) is 9.18 Å². The highest BCUT2D eigenvalue weighted by molar-refractivity contribution is 6.35. The van der Waals surface area contributed by atoms with Gasteiger partial charge in [0.05, 0.1) is 11.4 Å². The van der Waals surface area contributed by atoms with Crippen LogP contribution in [0, 0.1) is 5.82 Å². The van der Waals surface area contributed by atoms with Crippen LogP contribution >= 0.6 is 23.2 Å². The minimum Gasteiger partial charge on any atom is -0.398 e. The number of hydrogen-bond acceptors (Lipinski definition) is 4. The highest BCUT2D eigenvalue weighted by Gasteiger charge is 2.19. The highest BCUT2D eigenvalue weighted by Crippen LogP contribution is 2.38. The summed E-state index contributed by atoms with van der Waals surface area (Å²) in [7, 11) is 0. The van der Waals surface area contributed by atoms with Gasteiger partial charge in [-0.25, -0.2) is 4.39 Å². The van der Waals surface area contributed by atoms with Gasteiger partial charge in [-0.1, -0.05) is 30.1 Å². The molecule has 0 aliphatic carbocycles. The molecule has 26 heavy (non-hydrogen) atoms. The average Bonchev–Trinajstić information content (AvgIpc) is 2.61. The lowest BCUT2D eigenvalue weighted by atomic mass is 9.97. The van der Waals surface area contributed by atoms with Gasteiger partial charge in [0.1, 0.15) is 11.5 Å². The first-order valence-electron chi connectivity index (χ1n) is 7.85. The molecule has 1 amide bonds. The molecule has 0 spiro atoms. The van der Waals surface area contributed by atoms with Gasteiger partial charge < -0.3 is 22.5 Å². The fraction of sp³-hybridized carbons (Fsp3) is 0.167. The zero-order chi connectivity index (χ0) is 19.4. The number of anilines is 1. The van der Waals surface area contributed by atoms with E-state index >= 15 is 0 Å². The van der Waals surface area contributed by atoms with E-state index in [0.717, 1.165) is 6.42 Å². The highest BCUT2D eigenvalue weighted by atomic mass is 35.5. The molecule has 0 unspecified atom stereocenters. The maximum atomic E-state index is 14.5. The fourth-order valence-corrected chi connectivity index (χ4v) is 2.78. The number of nitrogen functional groups attached to an aromatic ring is 1. The van der Waals surface area contributed by atoms with Gasteiger partial charge >= 0.3 is 0 Å². The largest absolute Gasteiger partial charge is 0.398 e. The quantitative estimate of drug-likeness (QED) is 0.458. The van der Waals surface area contributed by atoms with Crippen LogP contribution < -0.4 is 22.5 Å². The van der Waals surface area contributed by atoms with Crippen LogP contribution in [0.15, 0.2) is 36.0 Å². The van der Waals surface area contributed by atoms with Crippen molar-refractivity contribution in [2.45, 2.75) is 13.3 Å². The Hall–Kier alpha value is -2.44. The van der Waals surface area contributed by atoms with Gasteiger partial charge in [0.25, 0.3) is 5.91 Å². The first-order valence-corrected chi connectivity index (χ1v) is 8.60. The molecule has 7 N–H and O–H groups in total. The lowest BCUT2D eigenvalue weighted by molar-refractivity contribution is -0.117. The summed E-state index contributed by atoms with van der Waals surface area (Å²) in [6.07, 6.45) is 0.745. The number of amides is 1. The number of rotatable bonds is 5. The SMILES string of the molecule is CCCNC(=O)/C(N)=C(\N)c1ccc(F)c(-c2cc(Cl)ccc2Cl)c1N. The summed E-state index contributed by atoms with van der Waals surface area (Å²) in [5.41, 5.74) is 18.3. The Kier molecular flexibility index (Phi) is 6.34. The third kappa shape index (κ3) is 4.03. The molecule has 0 aliphatic heterocycles. The fourth-order valence-electron chi connectivity index (χ4n) is 2.39. The molecule has 0 heterocycles. The van der Waals surface area contributed by atoms with Crippen LogP contribution in [0.5, 0.6) is 0 Å². The lowest BCUT2D eigenvalue weighted by Crippen LogP contribution is -2.31. The molecule has 0 saturated heterocycles. The van der Waals surface area contributed by atoms with Gasteiger partial charge in [-0.3, -0.25) is 4.79 Å². The molecule has 8 heteroatoms. The Labute approximate surface area is 160 Å². The Balaban J connectivity index is 2.60. The van der Waals surface area contributed by atoms with Crippen molar-refractivity contribution >= 4 is 40.5 Å². The maximum absolute atomic E-state index is 14.5. The predicted molar refractivity (Wildman–Crippen MR) is 105 cm³/mol. The van der Waals surface area contributed by atoms with Crippen LogP contribution in [-0.4, -0.2) is 12.5 Å². The van der Waals surface area contributed by atoms with Crippen LogP contribution in [-0.2, 0) is 4.79 Å². The molecule has 0 radical (unpaired) electrons. The third-order valence-electron chi connectivity index (χ3n) is 3.75. The standard InChI is InChI=1S/C18H19Cl2FN4O/c1-2-7-25-18(26)17(24)16(23)10-4-6-13(21)14(15(10)22)11-8-9(19)3-5-12(11)20/h3-6,8H,2,7,22-24H2,1H3,(H,25,26)/b17-16+. The molecule has 0 saturated carbocycles. The third-order valence-corrected chi connectivity index (χ3v) is 4.32. The maximum Gasteiger partial charge on any atom is 0.269 e. The van der Waals surface area contributed by atoms with Crippen molar-refractivity contribution in [3.63, 3.8) is 0 Å². The molecule has 0 fully saturated rings. The molecule has 0 aromatic heterocycles. The number of nitrogens with one attached hydrogen (secondary N) is 1. The van der Waals surface area contributed by atoms with Gasteiger partial charge in [-0.15, -0.1) is 0 Å². The van der Waals surface area contributed by atoms with Crippen molar-refractivity contribution in [1.29, 1.82) is 0 Å². The Morgan fingerprint density at radius 1 is 1.19 bits per heavy atom. The molecule has 0 atom stereocenters. The Bertz CT molecular complexity index is 884. The van der Waals surface area contributed by atoms with E-state index in [4.69, 9.17) is 40.4 Å². The first kappa shape index (κ1) is 19.9. The topological polar surface area (TPSA) is 107 Å². The second kappa shape index (κ2) is 8.29. The minimum absolute atomic E-state index is 0.0120. The van der Waals surface area contributed by atoms with E-state index in [-0.39, 0.29) is 33.2 Å². The zero-order valence-electron chi connectivity index (χ0n) is 14.1. The van der Waals surface area contributed by atoms with E-state index < -0.39 is 11.7 Å². The summed E-state index contributed by atoms with van der Waals surface area (Å²) in [4.78, 5) is 12.0. The van der Waals surface area contributed by atoms with Gasteiger partial charge in [0.2, 0.25) is 0 Å². The van der Waals surface area contributed by atoms with Crippen molar-refractivity contribution in [2.75, 3.05) is 12.3 Å². The molecule has 5 nitrogen and oxygen atoms in total. The van der Waals surface area contributed by atoms with Gasteiger partial charge in [-0.05, 0) is 36.8 Å². The molecule has 2 rings (SSSR count). The predicted octanol–water partition coefficient (Wildman–Crippen LogP) is 3.49. The van der Waals surface area contributed by atoms with Crippen molar-refractivity contribution in [1.82, 2.24) is 5.32 Å². The molecule has 2 aromatic rings. The van der Waals surface area contributed by atoms with Crippen molar-refractivity contribution in [3.05, 3.63) is 57.5 Å². The van der Waals surface area contributed by atoms with Crippen LogP contribution in [0.2, 0.25) is 10.0 Å². The minimum atomic E-state index is -0.600. The van der Waals surface area contributed by atoms with E-state index in [2.05, 4.69) is 5.32 Å². The van der Waals surface area contributed by atoms with Crippen LogP contribution in [0.4, 0.5) is 10.1 Å². The number of carbonyl (C=O) groups is 1. The number of nitrogens with two attached hydrogens (primary N) is 3. The molecule has 0 bridgehead atoms. The van der Waals surface area contributed by atoms with Crippen LogP contribution in [0.1, 0.15) is 18.9 Å². The van der Waals surface area contributed by atoms with Gasteiger partial charge in [0, 0.05) is 33.3 Å². The Morgan fingerprint density at radius 2 is 1.88 bits per heavy atom. The monoisotopic (exact) mass is 396 g/mol. The number of hydrogen-bond donors (Lipinski definition) is 4. The van der Waals surface area contributed by atoms with E-state index in [1.807, 2.05) is 6.92 Å². The molecule has 2 aromatic carbocycles. The smallest absolute Gasteiger partial charge is 0.269 e. The second-order valence-corrected chi connectivity index (χ2v) is 6.43. The summed E-state index contributed by atoms with van der Waals surface area (Å²) in [6, 6.07) is 7.16. The zero-order valence-corrected chi connectivity index (χ0v) is 15.6. The summed E-state index contributed by atoms with van der Waals surface area (Å²) in [5, 5.41) is 3.26. The Morgan fingerprint density at radius 3 is 2.54 bits per heavy atom.